The van der Waals surface area contributed by atoms with E-state index in [9.17, 15) is 9.90 Å². The minimum atomic E-state index is -0.662. The first-order chi connectivity index (χ1) is 11.9. The van der Waals surface area contributed by atoms with Crippen LogP contribution in [0.3, 0.4) is 0 Å². The summed E-state index contributed by atoms with van der Waals surface area (Å²) in [7, 11) is 4.01. The number of aromatic nitrogens is 1. The molecule has 0 radical (unpaired) electrons. The van der Waals surface area contributed by atoms with Gasteiger partial charge in [-0.1, -0.05) is 12.1 Å². The minimum Gasteiger partial charge on any atom is -0.390 e. The summed E-state index contributed by atoms with van der Waals surface area (Å²) in [6.07, 6.45) is 4.62. The summed E-state index contributed by atoms with van der Waals surface area (Å²) in [5, 5.41) is 10.0. The van der Waals surface area contributed by atoms with Crippen molar-refractivity contribution in [3.05, 3.63) is 48.3 Å². The molecule has 5 heteroatoms. The molecule has 3 rings (SSSR count). The molecule has 0 bridgehead atoms. The lowest BCUT2D eigenvalue weighted by Gasteiger charge is -2.35. The summed E-state index contributed by atoms with van der Waals surface area (Å²) in [4.78, 5) is 20.8. The van der Waals surface area contributed by atoms with Crippen LogP contribution in [-0.2, 0) is 0 Å². The van der Waals surface area contributed by atoms with Crippen molar-refractivity contribution in [2.45, 2.75) is 25.4 Å². The number of carbonyl (C=O) groups excluding carboxylic acids is 1. The Morgan fingerprint density at radius 2 is 1.76 bits per heavy atom. The van der Waals surface area contributed by atoms with Gasteiger partial charge >= 0.3 is 0 Å². The van der Waals surface area contributed by atoms with E-state index >= 15 is 0 Å². The average Bonchev–Trinajstić information content (AvgIpc) is 2.61. The fourth-order valence-corrected chi connectivity index (χ4v) is 3.04. The number of hydrogen-bond acceptors (Lipinski definition) is 4. The number of rotatable bonds is 3. The maximum Gasteiger partial charge on any atom is 0.255 e. The largest absolute Gasteiger partial charge is 0.390 e. The van der Waals surface area contributed by atoms with Crippen molar-refractivity contribution < 1.29 is 9.90 Å². The van der Waals surface area contributed by atoms with Crippen LogP contribution >= 0.6 is 0 Å². The number of likely N-dealkylation sites (tertiary alicyclic amines) is 1. The van der Waals surface area contributed by atoms with E-state index in [1.54, 1.807) is 17.3 Å². The van der Waals surface area contributed by atoms with Gasteiger partial charge in [0.1, 0.15) is 0 Å². The van der Waals surface area contributed by atoms with E-state index in [1.807, 2.05) is 44.1 Å². The first-order valence-corrected chi connectivity index (χ1v) is 8.60. The first-order valence-electron chi connectivity index (χ1n) is 8.60. The van der Waals surface area contributed by atoms with Crippen LogP contribution in [0, 0.1) is 0 Å². The molecule has 0 unspecified atom stereocenters. The number of pyridine rings is 1. The van der Waals surface area contributed by atoms with Crippen LogP contribution in [0.5, 0.6) is 0 Å². The van der Waals surface area contributed by atoms with Crippen LogP contribution < -0.4 is 4.90 Å². The van der Waals surface area contributed by atoms with Gasteiger partial charge in [0.2, 0.25) is 0 Å². The summed E-state index contributed by atoms with van der Waals surface area (Å²) < 4.78 is 0. The number of nitrogens with zero attached hydrogens (tertiary/aromatic N) is 3. The molecule has 5 nitrogen and oxygen atoms in total. The van der Waals surface area contributed by atoms with Gasteiger partial charge in [0, 0.05) is 50.8 Å². The zero-order chi connectivity index (χ0) is 18.0. The van der Waals surface area contributed by atoms with Gasteiger partial charge in [0.25, 0.3) is 5.91 Å². The number of carbonyl (C=O) groups is 1. The average molecular weight is 339 g/mol. The number of aliphatic hydroxyl groups is 1. The lowest BCUT2D eigenvalue weighted by atomic mass is 9.93. The van der Waals surface area contributed by atoms with Crippen LogP contribution in [-0.4, -0.2) is 53.7 Å². The molecule has 1 N–H and O–H groups in total. The lowest BCUT2D eigenvalue weighted by molar-refractivity contribution is -0.00203. The van der Waals surface area contributed by atoms with Gasteiger partial charge in [-0.05, 0) is 43.5 Å². The van der Waals surface area contributed by atoms with Gasteiger partial charge in [-0.3, -0.25) is 9.78 Å². The number of benzene rings is 1. The van der Waals surface area contributed by atoms with Crippen LogP contribution in [0.15, 0.2) is 42.7 Å². The molecule has 1 amide bonds. The predicted octanol–water partition coefficient (Wildman–Crippen LogP) is 2.80. The second-order valence-corrected chi connectivity index (χ2v) is 7.19. The lowest BCUT2D eigenvalue weighted by Crippen LogP contribution is -2.45. The minimum absolute atomic E-state index is 0.0187. The number of amides is 1. The Hall–Kier alpha value is -2.40. The molecule has 1 saturated heterocycles. The second kappa shape index (κ2) is 6.84. The Balaban J connectivity index is 1.78. The van der Waals surface area contributed by atoms with E-state index < -0.39 is 5.60 Å². The molecule has 132 valence electrons. The van der Waals surface area contributed by atoms with E-state index in [-0.39, 0.29) is 5.91 Å². The smallest absolute Gasteiger partial charge is 0.255 e. The third-order valence-corrected chi connectivity index (χ3v) is 4.83. The normalized spacial score (nSPS) is 16.6. The Morgan fingerprint density at radius 1 is 1.12 bits per heavy atom. The molecule has 0 spiro atoms. The third-order valence-electron chi connectivity index (χ3n) is 4.83. The Morgan fingerprint density at radius 3 is 2.36 bits per heavy atom. The monoisotopic (exact) mass is 339 g/mol. The maximum atomic E-state index is 12.7. The molecule has 1 aromatic carbocycles. The molecule has 2 aromatic rings. The Bertz CT molecular complexity index is 744. The number of hydrogen-bond donors (Lipinski definition) is 1. The summed E-state index contributed by atoms with van der Waals surface area (Å²) in [5.74, 6) is -0.0187. The molecule has 0 saturated carbocycles. The summed E-state index contributed by atoms with van der Waals surface area (Å²) >= 11 is 0. The summed E-state index contributed by atoms with van der Waals surface area (Å²) in [6.45, 7) is 2.98. The molecule has 1 aliphatic heterocycles. The SMILES string of the molecule is CN(C)c1ccc(-c2cncc(C(=O)N3CCC(C)(O)CC3)c2)cc1. The van der Waals surface area contributed by atoms with E-state index in [1.165, 1.54) is 0 Å². The molecule has 25 heavy (non-hydrogen) atoms. The number of anilines is 1. The van der Waals surface area contributed by atoms with Gasteiger partial charge < -0.3 is 14.9 Å². The van der Waals surface area contributed by atoms with Crippen LogP contribution in [0.4, 0.5) is 5.69 Å². The molecule has 0 atom stereocenters. The first kappa shape index (κ1) is 17.4. The van der Waals surface area contributed by atoms with Crippen molar-refractivity contribution in [1.82, 2.24) is 9.88 Å². The zero-order valence-corrected chi connectivity index (χ0v) is 15.1. The van der Waals surface area contributed by atoms with Crippen molar-refractivity contribution in [1.29, 1.82) is 0 Å². The van der Waals surface area contributed by atoms with Crippen LogP contribution in [0.2, 0.25) is 0 Å². The molecular formula is C20H25N3O2. The van der Waals surface area contributed by atoms with Crippen molar-refractivity contribution in [2.75, 3.05) is 32.1 Å². The molecule has 1 fully saturated rings. The van der Waals surface area contributed by atoms with Gasteiger partial charge in [0.05, 0.1) is 11.2 Å². The van der Waals surface area contributed by atoms with E-state index in [0.29, 0.717) is 31.5 Å². The second-order valence-electron chi connectivity index (χ2n) is 7.19. The van der Waals surface area contributed by atoms with E-state index in [0.717, 1.165) is 16.8 Å². The fraction of sp³-hybridized carbons (Fsp3) is 0.400. The van der Waals surface area contributed by atoms with Gasteiger partial charge in [0.15, 0.2) is 0 Å². The predicted molar refractivity (Wildman–Crippen MR) is 99.8 cm³/mol. The van der Waals surface area contributed by atoms with Gasteiger partial charge in [-0.2, -0.15) is 0 Å². The Kier molecular flexibility index (Phi) is 4.77. The van der Waals surface area contributed by atoms with Crippen molar-refractivity contribution >= 4 is 11.6 Å². The number of piperidine rings is 1. The zero-order valence-electron chi connectivity index (χ0n) is 15.1. The standard InChI is InChI=1S/C20H25N3O2/c1-20(25)8-10-23(11-9-20)19(24)17-12-16(13-21-14-17)15-4-6-18(7-5-15)22(2)3/h4-7,12-14,25H,8-11H2,1-3H3. The van der Waals surface area contributed by atoms with Gasteiger partial charge in [-0.25, -0.2) is 0 Å². The molecule has 1 aliphatic rings. The van der Waals surface area contributed by atoms with E-state index in [4.69, 9.17) is 0 Å². The summed E-state index contributed by atoms with van der Waals surface area (Å²) in [6, 6.07) is 10.1. The fourth-order valence-electron chi connectivity index (χ4n) is 3.04. The van der Waals surface area contributed by atoms with E-state index in [2.05, 4.69) is 17.1 Å². The highest BCUT2D eigenvalue weighted by atomic mass is 16.3. The highest BCUT2D eigenvalue weighted by Crippen LogP contribution is 2.25. The van der Waals surface area contributed by atoms with Crippen molar-refractivity contribution in [3.8, 4) is 11.1 Å². The highest BCUT2D eigenvalue weighted by Gasteiger charge is 2.30. The molecule has 0 aliphatic carbocycles. The van der Waals surface area contributed by atoms with Crippen molar-refractivity contribution in [3.63, 3.8) is 0 Å². The Labute approximate surface area is 148 Å². The summed E-state index contributed by atoms with van der Waals surface area (Å²) in [5.41, 5.74) is 3.03. The quantitative estimate of drug-likeness (QED) is 0.934. The third kappa shape index (κ3) is 3.99. The van der Waals surface area contributed by atoms with Gasteiger partial charge in [-0.15, -0.1) is 0 Å². The topological polar surface area (TPSA) is 56.7 Å². The molecule has 1 aromatic heterocycles. The highest BCUT2D eigenvalue weighted by molar-refractivity contribution is 5.95. The van der Waals surface area contributed by atoms with Crippen LogP contribution in [0.25, 0.3) is 11.1 Å². The van der Waals surface area contributed by atoms with Crippen molar-refractivity contribution in [2.24, 2.45) is 0 Å². The van der Waals surface area contributed by atoms with Crippen LogP contribution in [0.1, 0.15) is 30.1 Å². The molecule has 2 heterocycles. The maximum absolute atomic E-state index is 12.7. The molecular weight excluding hydrogens is 314 g/mol.